The van der Waals surface area contributed by atoms with Gasteiger partial charge in [0.2, 0.25) is 0 Å². The lowest BCUT2D eigenvalue weighted by molar-refractivity contribution is 0.112. The molecular weight excluding hydrogens is 208 g/mol. The molecule has 0 aliphatic heterocycles. The number of nitrogens with zero attached hydrogens (tertiary/aromatic N) is 2. The molecule has 0 unspecified atom stereocenters. The van der Waals surface area contributed by atoms with Crippen molar-refractivity contribution < 1.29 is 4.79 Å². The quantitative estimate of drug-likeness (QED) is 0.728. The summed E-state index contributed by atoms with van der Waals surface area (Å²) in [5, 5.41) is 0.861. The van der Waals surface area contributed by atoms with Crippen molar-refractivity contribution in [1.29, 1.82) is 0 Å². The maximum Gasteiger partial charge on any atom is 0.150 e. The molecule has 2 aromatic rings. The molecule has 15 heavy (non-hydrogen) atoms. The first-order valence-electron chi connectivity index (χ1n) is 4.56. The first-order valence-corrected chi connectivity index (χ1v) is 5.37. The Bertz CT molecular complexity index is 486. The number of hydrogen-bond acceptors (Lipinski definition) is 4. The van der Waals surface area contributed by atoms with Gasteiger partial charge >= 0.3 is 0 Å². The van der Waals surface area contributed by atoms with Crippen LogP contribution in [0.1, 0.15) is 20.9 Å². The van der Waals surface area contributed by atoms with Gasteiger partial charge in [-0.2, -0.15) is 0 Å². The molecule has 0 aromatic carbocycles. The minimum absolute atomic E-state index is 0.638. The second-order valence-corrected chi connectivity index (χ2v) is 4.44. The third kappa shape index (κ3) is 1.80. The van der Waals surface area contributed by atoms with Crippen LogP contribution in [0, 0.1) is 13.8 Å². The van der Waals surface area contributed by atoms with E-state index < -0.39 is 0 Å². The Kier molecular flexibility index (Phi) is 2.60. The van der Waals surface area contributed by atoms with Crippen LogP contribution in [0.3, 0.4) is 0 Å². The van der Waals surface area contributed by atoms with Crippen LogP contribution in [0.2, 0.25) is 0 Å². The molecule has 2 rings (SSSR count). The summed E-state index contributed by atoms with van der Waals surface area (Å²) in [6.45, 7) is 3.99. The maximum atomic E-state index is 10.8. The molecule has 0 aliphatic rings. The van der Waals surface area contributed by atoms with Gasteiger partial charge in [-0.05, 0) is 19.9 Å². The van der Waals surface area contributed by atoms with E-state index in [0.717, 1.165) is 22.6 Å². The lowest BCUT2D eigenvalue weighted by Gasteiger charge is -1.98. The molecule has 0 bridgehead atoms. The fraction of sp³-hybridized carbons (Fsp3) is 0.182. The van der Waals surface area contributed by atoms with Gasteiger partial charge in [-0.15, -0.1) is 11.3 Å². The summed E-state index contributed by atoms with van der Waals surface area (Å²) in [6, 6.07) is 1.70. The molecule has 0 amide bonds. The molecule has 0 atom stereocenters. The van der Waals surface area contributed by atoms with Crippen molar-refractivity contribution in [2.24, 2.45) is 0 Å². The molecule has 0 fully saturated rings. The van der Waals surface area contributed by atoms with E-state index in [2.05, 4.69) is 9.97 Å². The first-order chi connectivity index (χ1) is 7.22. The number of aromatic nitrogens is 2. The van der Waals surface area contributed by atoms with E-state index in [1.54, 1.807) is 29.8 Å². The van der Waals surface area contributed by atoms with Crippen molar-refractivity contribution in [2.45, 2.75) is 13.8 Å². The van der Waals surface area contributed by atoms with Crippen molar-refractivity contribution >= 4 is 17.6 Å². The van der Waals surface area contributed by atoms with E-state index in [1.807, 2.05) is 13.8 Å². The Morgan fingerprint density at radius 1 is 1.40 bits per heavy atom. The third-order valence-corrected chi connectivity index (χ3v) is 3.35. The normalized spacial score (nSPS) is 10.3. The van der Waals surface area contributed by atoms with E-state index in [1.165, 1.54) is 4.88 Å². The van der Waals surface area contributed by atoms with Crippen LogP contribution in [-0.4, -0.2) is 16.3 Å². The predicted molar refractivity (Wildman–Crippen MR) is 60.2 cm³/mol. The highest BCUT2D eigenvalue weighted by molar-refractivity contribution is 7.15. The average Bonchev–Trinajstić information content (AvgIpc) is 2.59. The van der Waals surface area contributed by atoms with Crippen LogP contribution in [0.5, 0.6) is 0 Å². The second kappa shape index (κ2) is 3.90. The minimum Gasteiger partial charge on any atom is -0.298 e. The Morgan fingerprint density at radius 2 is 2.20 bits per heavy atom. The van der Waals surface area contributed by atoms with E-state index in [-0.39, 0.29) is 0 Å². The summed E-state index contributed by atoms with van der Waals surface area (Å²) in [7, 11) is 0. The molecule has 0 saturated carbocycles. The van der Waals surface area contributed by atoms with Crippen LogP contribution in [0.15, 0.2) is 18.5 Å². The fourth-order valence-corrected chi connectivity index (χ4v) is 2.22. The van der Waals surface area contributed by atoms with Crippen molar-refractivity contribution in [3.8, 4) is 10.6 Å². The molecule has 0 radical (unpaired) electrons. The van der Waals surface area contributed by atoms with Gasteiger partial charge in [0.05, 0.1) is 5.69 Å². The second-order valence-electron chi connectivity index (χ2n) is 3.24. The molecule has 2 heterocycles. The van der Waals surface area contributed by atoms with E-state index >= 15 is 0 Å². The van der Waals surface area contributed by atoms with Gasteiger partial charge < -0.3 is 0 Å². The number of rotatable bonds is 2. The summed E-state index contributed by atoms with van der Waals surface area (Å²) in [5.74, 6) is 0. The molecule has 76 valence electrons. The third-order valence-electron chi connectivity index (χ3n) is 2.24. The molecule has 0 N–H and O–H groups in total. The smallest absolute Gasteiger partial charge is 0.150 e. The van der Waals surface area contributed by atoms with E-state index in [9.17, 15) is 4.79 Å². The van der Waals surface area contributed by atoms with Crippen LogP contribution in [0.25, 0.3) is 10.6 Å². The number of carbonyl (C=O) groups excluding carboxylic acids is 1. The standard InChI is InChI=1S/C11H10N2OS/c1-7-8(2)15-11(13-7)10-5-12-4-3-9(10)6-14/h3-6H,1-2H3. The van der Waals surface area contributed by atoms with Crippen molar-refractivity contribution in [3.05, 3.63) is 34.6 Å². The number of thiazole rings is 1. The maximum absolute atomic E-state index is 10.8. The van der Waals surface area contributed by atoms with Crippen LogP contribution >= 0.6 is 11.3 Å². The van der Waals surface area contributed by atoms with Gasteiger partial charge in [-0.3, -0.25) is 9.78 Å². The van der Waals surface area contributed by atoms with Crippen LogP contribution < -0.4 is 0 Å². The molecule has 0 aliphatic carbocycles. The van der Waals surface area contributed by atoms with Crippen molar-refractivity contribution in [1.82, 2.24) is 9.97 Å². The van der Waals surface area contributed by atoms with Crippen LogP contribution in [0.4, 0.5) is 0 Å². The lowest BCUT2D eigenvalue weighted by Crippen LogP contribution is -1.88. The van der Waals surface area contributed by atoms with Gasteiger partial charge in [0.1, 0.15) is 5.01 Å². The Hall–Kier alpha value is -1.55. The summed E-state index contributed by atoms with van der Waals surface area (Å²) in [5.41, 5.74) is 2.46. The van der Waals surface area contributed by atoms with Crippen molar-refractivity contribution in [3.63, 3.8) is 0 Å². The molecule has 3 nitrogen and oxygen atoms in total. The number of hydrogen-bond donors (Lipinski definition) is 0. The number of carbonyl (C=O) groups is 1. The summed E-state index contributed by atoms with van der Waals surface area (Å²) < 4.78 is 0. The van der Waals surface area contributed by atoms with E-state index in [4.69, 9.17) is 0 Å². The van der Waals surface area contributed by atoms with Crippen LogP contribution in [-0.2, 0) is 0 Å². The van der Waals surface area contributed by atoms with Crippen molar-refractivity contribution in [2.75, 3.05) is 0 Å². The Morgan fingerprint density at radius 3 is 2.80 bits per heavy atom. The highest BCUT2D eigenvalue weighted by Gasteiger charge is 2.09. The monoisotopic (exact) mass is 218 g/mol. The average molecular weight is 218 g/mol. The molecule has 4 heteroatoms. The van der Waals surface area contributed by atoms with E-state index in [0.29, 0.717) is 5.56 Å². The zero-order valence-corrected chi connectivity index (χ0v) is 9.34. The summed E-state index contributed by atoms with van der Waals surface area (Å²) in [4.78, 5) is 20.4. The Labute approximate surface area is 91.8 Å². The highest BCUT2D eigenvalue weighted by atomic mass is 32.1. The fourth-order valence-electron chi connectivity index (χ4n) is 1.27. The first kappa shape index (κ1) is 9.98. The molecule has 2 aromatic heterocycles. The SMILES string of the molecule is Cc1nc(-c2cnccc2C=O)sc1C. The minimum atomic E-state index is 0.638. The van der Waals surface area contributed by atoms with Gasteiger partial charge in [-0.1, -0.05) is 0 Å². The number of aryl methyl sites for hydroxylation is 2. The highest BCUT2D eigenvalue weighted by Crippen LogP contribution is 2.28. The van der Waals surface area contributed by atoms with Gasteiger partial charge in [0.25, 0.3) is 0 Å². The number of aldehydes is 1. The zero-order chi connectivity index (χ0) is 10.8. The molecule has 0 spiro atoms. The summed E-state index contributed by atoms with van der Waals surface area (Å²) in [6.07, 6.45) is 4.13. The molecule has 0 saturated heterocycles. The number of pyridine rings is 1. The summed E-state index contributed by atoms with van der Waals surface area (Å²) >= 11 is 1.59. The van der Waals surface area contributed by atoms with Gasteiger partial charge in [-0.25, -0.2) is 4.98 Å². The van der Waals surface area contributed by atoms with Gasteiger partial charge in [0, 0.05) is 28.4 Å². The molecular formula is C11H10N2OS. The predicted octanol–water partition coefficient (Wildman–Crippen LogP) is 2.63. The lowest BCUT2D eigenvalue weighted by atomic mass is 10.2. The largest absolute Gasteiger partial charge is 0.298 e. The zero-order valence-electron chi connectivity index (χ0n) is 8.52. The topological polar surface area (TPSA) is 42.9 Å². The van der Waals surface area contributed by atoms with Gasteiger partial charge in [0.15, 0.2) is 6.29 Å². The Balaban J connectivity index is 2.58.